The van der Waals surface area contributed by atoms with Crippen molar-refractivity contribution in [3.05, 3.63) is 69.9 Å². The standard InChI is InChI=1S/C22H22FN5O2S/c1-14-4-8-18(9-5-14)25-22(30)28-12-2-3-15(13-28)20-26-27-21(31-20)19(29)24-17-10-6-16(23)7-11-17/h4-11,15H,2-3,12-13H2,1H3,(H,24,29)(H,25,30)/t15-/m1/s1. The summed E-state index contributed by atoms with van der Waals surface area (Å²) in [5.74, 6) is -0.730. The minimum absolute atomic E-state index is 0.0300. The number of amides is 3. The van der Waals surface area contributed by atoms with Crippen molar-refractivity contribution in [3.8, 4) is 0 Å². The van der Waals surface area contributed by atoms with Crippen LogP contribution in [0.4, 0.5) is 20.6 Å². The van der Waals surface area contributed by atoms with Crippen LogP contribution >= 0.6 is 11.3 Å². The zero-order valence-corrected chi connectivity index (χ0v) is 17.8. The van der Waals surface area contributed by atoms with Gasteiger partial charge in [-0.25, -0.2) is 9.18 Å². The van der Waals surface area contributed by atoms with Gasteiger partial charge in [0.2, 0.25) is 5.01 Å². The van der Waals surface area contributed by atoms with Crippen LogP contribution in [0.2, 0.25) is 0 Å². The summed E-state index contributed by atoms with van der Waals surface area (Å²) in [5, 5.41) is 14.8. The molecule has 2 aromatic carbocycles. The van der Waals surface area contributed by atoms with E-state index in [-0.39, 0.29) is 28.7 Å². The molecule has 0 bridgehead atoms. The zero-order valence-electron chi connectivity index (χ0n) is 17.0. The fourth-order valence-corrected chi connectivity index (χ4v) is 4.28. The highest BCUT2D eigenvalue weighted by molar-refractivity contribution is 7.13. The molecular weight excluding hydrogens is 417 g/mol. The van der Waals surface area contributed by atoms with E-state index in [2.05, 4.69) is 20.8 Å². The molecule has 1 aliphatic rings. The number of hydrogen-bond donors (Lipinski definition) is 2. The van der Waals surface area contributed by atoms with Gasteiger partial charge in [-0.15, -0.1) is 10.2 Å². The maximum absolute atomic E-state index is 13.0. The zero-order chi connectivity index (χ0) is 21.8. The van der Waals surface area contributed by atoms with Crippen molar-refractivity contribution >= 4 is 34.6 Å². The number of carbonyl (C=O) groups is 2. The molecule has 4 rings (SSSR count). The molecule has 0 saturated carbocycles. The molecule has 0 radical (unpaired) electrons. The lowest BCUT2D eigenvalue weighted by Crippen LogP contribution is -2.41. The molecule has 2 heterocycles. The highest BCUT2D eigenvalue weighted by Gasteiger charge is 2.28. The Morgan fingerprint density at radius 3 is 2.45 bits per heavy atom. The molecule has 0 unspecified atom stereocenters. The van der Waals surface area contributed by atoms with Crippen LogP contribution in [0.25, 0.3) is 0 Å². The number of nitrogens with one attached hydrogen (secondary N) is 2. The molecular formula is C22H22FN5O2S. The van der Waals surface area contributed by atoms with Gasteiger partial charge in [-0.2, -0.15) is 0 Å². The van der Waals surface area contributed by atoms with Crippen molar-refractivity contribution in [2.45, 2.75) is 25.7 Å². The van der Waals surface area contributed by atoms with Crippen LogP contribution in [0.1, 0.15) is 39.1 Å². The summed E-state index contributed by atoms with van der Waals surface area (Å²) < 4.78 is 13.0. The van der Waals surface area contributed by atoms with Gasteiger partial charge in [-0.3, -0.25) is 4.79 Å². The number of urea groups is 1. The summed E-state index contributed by atoms with van der Waals surface area (Å²) in [7, 11) is 0. The fraction of sp³-hybridized carbons (Fsp3) is 0.273. The molecule has 0 spiro atoms. The monoisotopic (exact) mass is 439 g/mol. The average Bonchev–Trinajstić information content (AvgIpc) is 3.28. The van der Waals surface area contributed by atoms with Gasteiger partial charge in [0.05, 0.1) is 0 Å². The van der Waals surface area contributed by atoms with E-state index in [1.165, 1.54) is 35.6 Å². The number of piperidine rings is 1. The lowest BCUT2D eigenvalue weighted by atomic mass is 9.99. The SMILES string of the molecule is Cc1ccc(NC(=O)N2CCC[C@@H](c3nnc(C(=O)Nc4ccc(F)cc4)s3)C2)cc1. The van der Waals surface area contributed by atoms with Crippen molar-refractivity contribution in [1.29, 1.82) is 0 Å². The Labute approximate surface area is 183 Å². The van der Waals surface area contributed by atoms with Gasteiger partial charge >= 0.3 is 6.03 Å². The van der Waals surface area contributed by atoms with Crippen LogP contribution in [0, 0.1) is 12.7 Å². The smallest absolute Gasteiger partial charge is 0.321 e. The topological polar surface area (TPSA) is 87.2 Å². The van der Waals surface area contributed by atoms with Gasteiger partial charge in [0.1, 0.15) is 10.8 Å². The number of aryl methyl sites for hydroxylation is 1. The number of hydrogen-bond acceptors (Lipinski definition) is 5. The molecule has 1 aromatic heterocycles. The Balaban J connectivity index is 1.37. The van der Waals surface area contributed by atoms with Crippen LogP contribution in [-0.4, -0.2) is 40.1 Å². The predicted octanol–water partition coefficient (Wildman–Crippen LogP) is 4.65. The highest BCUT2D eigenvalue weighted by atomic mass is 32.1. The Hall–Kier alpha value is -3.33. The fourth-order valence-electron chi connectivity index (χ4n) is 3.41. The van der Waals surface area contributed by atoms with Crippen LogP contribution in [0.5, 0.6) is 0 Å². The van der Waals surface area contributed by atoms with Crippen LogP contribution in [-0.2, 0) is 0 Å². The predicted molar refractivity (Wildman–Crippen MR) is 118 cm³/mol. The maximum atomic E-state index is 13.0. The first-order chi connectivity index (χ1) is 15.0. The van der Waals surface area contributed by atoms with Crippen molar-refractivity contribution in [2.75, 3.05) is 23.7 Å². The molecule has 160 valence electrons. The maximum Gasteiger partial charge on any atom is 0.321 e. The van der Waals surface area contributed by atoms with Gasteiger partial charge in [0.15, 0.2) is 0 Å². The van der Waals surface area contributed by atoms with Gasteiger partial charge in [-0.1, -0.05) is 29.0 Å². The third-order valence-electron chi connectivity index (χ3n) is 5.10. The number of aromatic nitrogens is 2. The quantitative estimate of drug-likeness (QED) is 0.620. The van der Waals surface area contributed by atoms with E-state index in [1.807, 2.05) is 31.2 Å². The summed E-state index contributed by atoms with van der Waals surface area (Å²) in [6, 6.07) is 13.0. The van der Waals surface area contributed by atoms with E-state index in [4.69, 9.17) is 0 Å². The Bertz CT molecular complexity index is 1070. The second kappa shape index (κ2) is 9.22. The molecule has 1 aliphatic heterocycles. The van der Waals surface area contributed by atoms with E-state index >= 15 is 0 Å². The number of halogens is 1. The lowest BCUT2D eigenvalue weighted by Gasteiger charge is -2.31. The lowest BCUT2D eigenvalue weighted by molar-refractivity contribution is 0.102. The first-order valence-electron chi connectivity index (χ1n) is 10.0. The van der Waals surface area contributed by atoms with E-state index < -0.39 is 0 Å². The van der Waals surface area contributed by atoms with E-state index in [1.54, 1.807) is 4.90 Å². The second-order valence-electron chi connectivity index (χ2n) is 7.49. The minimum atomic E-state index is -0.389. The summed E-state index contributed by atoms with van der Waals surface area (Å²) >= 11 is 1.22. The Morgan fingerprint density at radius 2 is 1.71 bits per heavy atom. The molecule has 3 amide bonds. The molecule has 1 saturated heterocycles. The summed E-state index contributed by atoms with van der Waals surface area (Å²) in [6.45, 7) is 3.19. The first kappa shape index (κ1) is 20.9. The number of likely N-dealkylation sites (tertiary alicyclic amines) is 1. The number of nitrogens with zero attached hydrogens (tertiary/aromatic N) is 3. The average molecular weight is 440 g/mol. The van der Waals surface area contributed by atoms with Gasteiger partial charge in [0.25, 0.3) is 5.91 Å². The molecule has 1 atom stereocenters. The van der Waals surface area contributed by atoms with Crippen molar-refractivity contribution in [1.82, 2.24) is 15.1 Å². The van der Waals surface area contributed by atoms with Crippen molar-refractivity contribution in [3.63, 3.8) is 0 Å². The van der Waals surface area contributed by atoms with E-state index in [0.717, 1.165) is 29.1 Å². The van der Waals surface area contributed by atoms with Crippen LogP contribution < -0.4 is 10.6 Å². The first-order valence-corrected chi connectivity index (χ1v) is 10.8. The highest BCUT2D eigenvalue weighted by Crippen LogP contribution is 2.29. The molecule has 9 heteroatoms. The summed E-state index contributed by atoms with van der Waals surface area (Å²) in [6.07, 6.45) is 1.73. The molecule has 31 heavy (non-hydrogen) atoms. The third-order valence-corrected chi connectivity index (χ3v) is 6.18. The summed E-state index contributed by atoms with van der Waals surface area (Å²) in [5.41, 5.74) is 2.37. The number of benzene rings is 2. The molecule has 1 fully saturated rings. The molecule has 2 N–H and O–H groups in total. The number of rotatable bonds is 4. The van der Waals surface area contributed by atoms with Gasteiger partial charge in [0, 0.05) is 30.4 Å². The molecule has 7 nitrogen and oxygen atoms in total. The Morgan fingerprint density at radius 1 is 1.03 bits per heavy atom. The van der Waals surface area contributed by atoms with Gasteiger partial charge in [-0.05, 0) is 56.2 Å². The third kappa shape index (κ3) is 5.24. The van der Waals surface area contributed by atoms with E-state index in [9.17, 15) is 14.0 Å². The molecule has 3 aromatic rings. The number of anilines is 2. The molecule has 0 aliphatic carbocycles. The number of carbonyl (C=O) groups excluding carboxylic acids is 2. The summed E-state index contributed by atoms with van der Waals surface area (Å²) in [4.78, 5) is 26.9. The Kier molecular flexibility index (Phi) is 6.22. The van der Waals surface area contributed by atoms with Crippen LogP contribution in [0.15, 0.2) is 48.5 Å². The largest absolute Gasteiger partial charge is 0.324 e. The van der Waals surface area contributed by atoms with Crippen molar-refractivity contribution in [2.24, 2.45) is 0 Å². The second-order valence-corrected chi connectivity index (χ2v) is 8.50. The van der Waals surface area contributed by atoms with E-state index in [0.29, 0.717) is 18.8 Å². The van der Waals surface area contributed by atoms with Crippen LogP contribution in [0.3, 0.4) is 0 Å². The normalized spacial score (nSPS) is 16.1. The van der Waals surface area contributed by atoms with Crippen molar-refractivity contribution < 1.29 is 14.0 Å². The van der Waals surface area contributed by atoms with Gasteiger partial charge < -0.3 is 15.5 Å². The minimum Gasteiger partial charge on any atom is -0.324 e.